The highest BCUT2D eigenvalue weighted by molar-refractivity contribution is 9.10. The first-order chi connectivity index (χ1) is 7.22. The maximum atomic E-state index is 5.69. The molecule has 3 heteroatoms. The molecule has 0 aliphatic carbocycles. The van der Waals surface area contributed by atoms with Gasteiger partial charge in [0, 0.05) is 11.0 Å². The second kappa shape index (κ2) is 6.99. The van der Waals surface area contributed by atoms with Gasteiger partial charge in [0.05, 0.1) is 12.7 Å². The van der Waals surface area contributed by atoms with Crippen molar-refractivity contribution in [2.75, 3.05) is 13.1 Å². The Labute approximate surface area is 100 Å². The van der Waals surface area contributed by atoms with Crippen LogP contribution in [0.1, 0.15) is 19.4 Å². The maximum Gasteiger partial charge on any atom is 0.0721 e. The van der Waals surface area contributed by atoms with E-state index in [9.17, 15) is 0 Å². The lowest BCUT2D eigenvalue weighted by molar-refractivity contribution is 0.0536. The van der Waals surface area contributed by atoms with Crippen molar-refractivity contribution in [3.05, 3.63) is 34.3 Å². The first kappa shape index (κ1) is 12.7. The van der Waals surface area contributed by atoms with E-state index in [2.05, 4.69) is 47.2 Å². The molecule has 1 aromatic carbocycles. The summed E-state index contributed by atoms with van der Waals surface area (Å²) >= 11 is 3.41. The van der Waals surface area contributed by atoms with Gasteiger partial charge in [-0.3, -0.25) is 0 Å². The predicted octanol–water partition coefficient (Wildman–Crippen LogP) is 2.96. The fourth-order valence-corrected chi connectivity index (χ4v) is 1.49. The van der Waals surface area contributed by atoms with Gasteiger partial charge in [-0.2, -0.15) is 0 Å². The van der Waals surface area contributed by atoms with Crippen LogP contribution in [-0.2, 0) is 11.3 Å². The molecule has 0 fully saturated rings. The van der Waals surface area contributed by atoms with Crippen LogP contribution in [0.15, 0.2) is 28.7 Å². The number of halogens is 1. The van der Waals surface area contributed by atoms with Gasteiger partial charge in [0.25, 0.3) is 0 Å². The number of hydrogen-bond donors (Lipinski definition) is 1. The van der Waals surface area contributed by atoms with E-state index in [-0.39, 0.29) is 6.10 Å². The molecule has 0 aromatic heterocycles. The average Bonchev–Trinajstić information content (AvgIpc) is 2.25. The zero-order valence-corrected chi connectivity index (χ0v) is 10.9. The molecular formula is C12H18BrNO. The number of nitrogens with one attached hydrogen (secondary N) is 1. The summed E-state index contributed by atoms with van der Waals surface area (Å²) in [6, 6.07) is 8.22. The van der Waals surface area contributed by atoms with E-state index in [4.69, 9.17) is 4.74 Å². The van der Waals surface area contributed by atoms with E-state index in [1.165, 1.54) is 5.56 Å². The largest absolute Gasteiger partial charge is 0.373 e. The highest BCUT2D eigenvalue weighted by atomic mass is 79.9. The smallest absolute Gasteiger partial charge is 0.0721 e. The number of rotatable bonds is 6. The first-order valence-corrected chi connectivity index (χ1v) is 6.08. The van der Waals surface area contributed by atoms with E-state index >= 15 is 0 Å². The van der Waals surface area contributed by atoms with E-state index in [0.29, 0.717) is 6.61 Å². The molecule has 15 heavy (non-hydrogen) atoms. The molecule has 1 unspecified atom stereocenters. The zero-order chi connectivity index (χ0) is 11.1. The Bertz CT molecular complexity index is 273. The van der Waals surface area contributed by atoms with Crippen molar-refractivity contribution in [1.82, 2.24) is 5.32 Å². The van der Waals surface area contributed by atoms with Gasteiger partial charge < -0.3 is 10.1 Å². The Morgan fingerprint density at radius 1 is 1.33 bits per heavy atom. The number of likely N-dealkylation sites (N-methyl/N-ethyl adjacent to an activating group) is 1. The van der Waals surface area contributed by atoms with Gasteiger partial charge in [-0.05, 0) is 31.2 Å². The van der Waals surface area contributed by atoms with Gasteiger partial charge in [-0.25, -0.2) is 0 Å². The van der Waals surface area contributed by atoms with Crippen LogP contribution < -0.4 is 5.32 Å². The first-order valence-electron chi connectivity index (χ1n) is 5.29. The van der Waals surface area contributed by atoms with Crippen LogP contribution in [0.4, 0.5) is 0 Å². The highest BCUT2D eigenvalue weighted by Gasteiger charge is 2.01. The Morgan fingerprint density at radius 3 is 2.60 bits per heavy atom. The molecule has 1 aromatic rings. The minimum absolute atomic E-state index is 0.258. The van der Waals surface area contributed by atoms with Crippen molar-refractivity contribution >= 4 is 15.9 Å². The Balaban J connectivity index is 2.27. The third-order valence-electron chi connectivity index (χ3n) is 2.13. The lowest BCUT2D eigenvalue weighted by Crippen LogP contribution is -2.26. The molecular weight excluding hydrogens is 254 g/mol. The molecule has 0 heterocycles. The summed E-state index contributed by atoms with van der Waals surface area (Å²) in [6.07, 6.45) is 0.258. The Morgan fingerprint density at radius 2 is 2.00 bits per heavy atom. The summed E-state index contributed by atoms with van der Waals surface area (Å²) in [4.78, 5) is 0. The van der Waals surface area contributed by atoms with Gasteiger partial charge in [-0.15, -0.1) is 0 Å². The molecule has 1 rings (SSSR count). The van der Waals surface area contributed by atoms with E-state index in [1.807, 2.05) is 12.1 Å². The van der Waals surface area contributed by atoms with Crippen molar-refractivity contribution in [3.63, 3.8) is 0 Å². The molecule has 2 nitrogen and oxygen atoms in total. The normalized spacial score (nSPS) is 12.7. The molecule has 0 bridgehead atoms. The SMILES string of the molecule is CCNCC(C)OCc1ccc(Br)cc1. The summed E-state index contributed by atoms with van der Waals surface area (Å²) in [7, 11) is 0. The van der Waals surface area contributed by atoms with Gasteiger partial charge >= 0.3 is 0 Å². The zero-order valence-electron chi connectivity index (χ0n) is 9.29. The minimum atomic E-state index is 0.258. The van der Waals surface area contributed by atoms with Crippen LogP contribution in [0.25, 0.3) is 0 Å². The van der Waals surface area contributed by atoms with Crippen LogP contribution in [0.3, 0.4) is 0 Å². The summed E-state index contributed by atoms with van der Waals surface area (Å²) in [5.74, 6) is 0. The van der Waals surface area contributed by atoms with Crippen molar-refractivity contribution in [2.45, 2.75) is 26.6 Å². The molecule has 0 aliphatic heterocycles. The molecule has 1 atom stereocenters. The van der Waals surface area contributed by atoms with E-state index in [0.717, 1.165) is 17.6 Å². The molecule has 0 amide bonds. The van der Waals surface area contributed by atoms with Crippen LogP contribution in [0.2, 0.25) is 0 Å². The third kappa shape index (κ3) is 5.30. The Kier molecular flexibility index (Phi) is 5.91. The van der Waals surface area contributed by atoms with Crippen LogP contribution in [-0.4, -0.2) is 19.2 Å². The fourth-order valence-electron chi connectivity index (χ4n) is 1.23. The molecule has 0 aliphatic rings. The standard InChI is InChI=1S/C12H18BrNO/c1-3-14-8-10(2)15-9-11-4-6-12(13)7-5-11/h4-7,10,14H,3,8-9H2,1-2H3. The van der Waals surface area contributed by atoms with Gasteiger partial charge in [0.15, 0.2) is 0 Å². The lowest BCUT2D eigenvalue weighted by atomic mass is 10.2. The molecule has 0 spiro atoms. The summed E-state index contributed by atoms with van der Waals surface area (Å²) in [5, 5.41) is 3.26. The molecule has 0 radical (unpaired) electrons. The van der Waals surface area contributed by atoms with Gasteiger partial charge in [0.1, 0.15) is 0 Å². The van der Waals surface area contributed by atoms with E-state index in [1.54, 1.807) is 0 Å². The van der Waals surface area contributed by atoms with Crippen LogP contribution in [0.5, 0.6) is 0 Å². The van der Waals surface area contributed by atoms with Crippen molar-refractivity contribution in [1.29, 1.82) is 0 Å². The third-order valence-corrected chi connectivity index (χ3v) is 2.66. The van der Waals surface area contributed by atoms with Gasteiger partial charge in [-0.1, -0.05) is 35.0 Å². The fraction of sp³-hybridized carbons (Fsp3) is 0.500. The molecule has 1 N–H and O–H groups in total. The Hall–Kier alpha value is -0.380. The molecule has 84 valence electrons. The summed E-state index contributed by atoms with van der Waals surface area (Å²) in [5.41, 5.74) is 1.21. The summed E-state index contributed by atoms with van der Waals surface area (Å²) < 4.78 is 6.80. The quantitative estimate of drug-likeness (QED) is 0.859. The van der Waals surface area contributed by atoms with Crippen LogP contribution >= 0.6 is 15.9 Å². The van der Waals surface area contributed by atoms with Crippen LogP contribution in [0, 0.1) is 0 Å². The second-order valence-corrected chi connectivity index (χ2v) is 4.47. The molecule has 0 saturated carbocycles. The maximum absolute atomic E-state index is 5.69. The monoisotopic (exact) mass is 271 g/mol. The lowest BCUT2D eigenvalue weighted by Gasteiger charge is -2.13. The number of ether oxygens (including phenoxy) is 1. The second-order valence-electron chi connectivity index (χ2n) is 3.56. The number of hydrogen-bond acceptors (Lipinski definition) is 2. The number of benzene rings is 1. The average molecular weight is 272 g/mol. The van der Waals surface area contributed by atoms with Crippen molar-refractivity contribution < 1.29 is 4.74 Å². The van der Waals surface area contributed by atoms with Crippen molar-refractivity contribution in [3.8, 4) is 0 Å². The van der Waals surface area contributed by atoms with Gasteiger partial charge in [0.2, 0.25) is 0 Å². The molecule has 0 saturated heterocycles. The minimum Gasteiger partial charge on any atom is -0.373 e. The summed E-state index contributed by atoms with van der Waals surface area (Å²) in [6.45, 7) is 6.77. The van der Waals surface area contributed by atoms with E-state index < -0.39 is 0 Å². The highest BCUT2D eigenvalue weighted by Crippen LogP contribution is 2.11. The predicted molar refractivity (Wildman–Crippen MR) is 66.9 cm³/mol. The topological polar surface area (TPSA) is 21.3 Å². The van der Waals surface area contributed by atoms with Crippen molar-refractivity contribution in [2.24, 2.45) is 0 Å².